The number of piperazine rings is 1. The number of amides is 2. The summed E-state index contributed by atoms with van der Waals surface area (Å²) in [6.07, 6.45) is 4.15. The van der Waals surface area contributed by atoms with Crippen LogP contribution in [0.15, 0.2) is 29.4 Å². The molecule has 2 amide bonds. The van der Waals surface area contributed by atoms with E-state index in [0.29, 0.717) is 12.8 Å². The number of imidazole rings is 1. The molecule has 1 saturated heterocycles. The minimum atomic E-state index is -0.540. The molecular formula is C13H14N4O2S. The average molecular weight is 290 g/mol. The number of aromatic amines is 1. The fourth-order valence-electron chi connectivity index (χ4n) is 2.22. The first-order valence-corrected chi connectivity index (χ1v) is 7.26. The van der Waals surface area contributed by atoms with Gasteiger partial charge in [0.05, 0.1) is 6.33 Å². The third kappa shape index (κ3) is 2.72. The first-order valence-electron chi connectivity index (χ1n) is 6.31. The lowest BCUT2D eigenvalue weighted by molar-refractivity contribution is -0.136. The topological polar surface area (TPSA) is 86.9 Å². The molecule has 1 fully saturated rings. The molecule has 2 aromatic heterocycles. The summed E-state index contributed by atoms with van der Waals surface area (Å²) < 4.78 is 0. The van der Waals surface area contributed by atoms with Gasteiger partial charge in [0, 0.05) is 24.7 Å². The van der Waals surface area contributed by atoms with E-state index in [2.05, 4.69) is 20.6 Å². The molecule has 3 N–H and O–H groups in total. The number of nitrogens with zero attached hydrogens (tertiary/aromatic N) is 1. The maximum Gasteiger partial charge on any atom is 0.243 e. The summed E-state index contributed by atoms with van der Waals surface area (Å²) in [5.74, 6) is -0.292. The Balaban J connectivity index is 1.64. The Morgan fingerprint density at radius 1 is 1.15 bits per heavy atom. The number of hydrogen-bond acceptors (Lipinski definition) is 4. The molecule has 0 aliphatic carbocycles. The van der Waals surface area contributed by atoms with Gasteiger partial charge in [0.15, 0.2) is 0 Å². The molecule has 7 heteroatoms. The number of carbonyl (C=O) groups is 2. The van der Waals surface area contributed by atoms with E-state index in [1.165, 1.54) is 0 Å². The van der Waals surface area contributed by atoms with E-state index in [0.717, 1.165) is 11.3 Å². The van der Waals surface area contributed by atoms with Crippen molar-refractivity contribution in [1.29, 1.82) is 0 Å². The Kier molecular flexibility index (Phi) is 3.51. The van der Waals surface area contributed by atoms with E-state index >= 15 is 0 Å². The quantitative estimate of drug-likeness (QED) is 0.754. The molecule has 104 valence electrons. The standard InChI is InChI=1S/C13H14N4O2S/c18-12-10(3-8-1-2-20-6-8)16-13(19)11(17-12)4-9-5-14-7-15-9/h1-2,5-7,10-11H,3-4H2,(H,14,15)(H,16,19)(H,17,18). The molecule has 2 atom stereocenters. The molecule has 0 spiro atoms. The third-order valence-corrected chi connectivity index (χ3v) is 4.00. The van der Waals surface area contributed by atoms with Crippen LogP contribution in [0.5, 0.6) is 0 Å². The highest BCUT2D eigenvalue weighted by Crippen LogP contribution is 2.11. The smallest absolute Gasteiger partial charge is 0.243 e. The van der Waals surface area contributed by atoms with Crippen LogP contribution in [-0.4, -0.2) is 33.9 Å². The zero-order chi connectivity index (χ0) is 13.9. The van der Waals surface area contributed by atoms with Gasteiger partial charge < -0.3 is 15.6 Å². The molecule has 0 radical (unpaired) electrons. The van der Waals surface area contributed by atoms with Crippen LogP contribution < -0.4 is 10.6 Å². The van der Waals surface area contributed by atoms with Crippen molar-refractivity contribution >= 4 is 23.2 Å². The molecule has 0 aromatic carbocycles. The van der Waals surface area contributed by atoms with Gasteiger partial charge in [-0.3, -0.25) is 9.59 Å². The fourth-order valence-corrected chi connectivity index (χ4v) is 2.91. The lowest BCUT2D eigenvalue weighted by Crippen LogP contribution is -2.62. The molecule has 0 saturated carbocycles. The molecule has 1 aliphatic rings. The highest BCUT2D eigenvalue weighted by atomic mass is 32.1. The van der Waals surface area contributed by atoms with Crippen LogP contribution in [0.3, 0.4) is 0 Å². The van der Waals surface area contributed by atoms with Crippen LogP contribution in [-0.2, 0) is 22.4 Å². The lowest BCUT2D eigenvalue weighted by atomic mass is 10.0. The molecule has 0 bridgehead atoms. The molecule has 1 aliphatic heterocycles. The predicted molar refractivity (Wildman–Crippen MR) is 74.2 cm³/mol. The fraction of sp³-hybridized carbons (Fsp3) is 0.308. The SMILES string of the molecule is O=C1NC(Cc2cnc[nH]2)C(=O)NC1Cc1ccsc1. The molecular weight excluding hydrogens is 276 g/mol. The summed E-state index contributed by atoms with van der Waals surface area (Å²) in [7, 11) is 0. The zero-order valence-corrected chi connectivity index (χ0v) is 11.4. The Morgan fingerprint density at radius 2 is 1.90 bits per heavy atom. The summed E-state index contributed by atoms with van der Waals surface area (Å²) in [6.45, 7) is 0. The Hall–Kier alpha value is -2.15. The molecule has 3 rings (SSSR count). The normalized spacial score (nSPS) is 22.4. The Bertz CT molecular complexity index is 540. The van der Waals surface area contributed by atoms with Crippen molar-refractivity contribution in [3.05, 3.63) is 40.6 Å². The van der Waals surface area contributed by atoms with Gasteiger partial charge in [-0.1, -0.05) is 0 Å². The Labute approximate surface area is 119 Å². The van der Waals surface area contributed by atoms with E-state index < -0.39 is 12.1 Å². The van der Waals surface area contributed by atoms with Crippen molar-refractivity contribution in [3.63, 3.8) is 0 Å². The van der Waals surface area contributed by atoms with Crippen LogP contribution in [0.25, 0.3) is 0 Å². The molecule has 2 aromatic rings. The maximum atomic E-state index is 12.1. The molecule has 3 heterocycles. The first-order chi connectivity index (χ1) is 9.72. The number of thiophene rings is 1. The van der Waals surface area contributed by atoms with Crippen molar-refractivity contribution in [1.82, 2.24) is 20.6 Å². The molecule has 20 heavy (non-hydrogen) atoms. The monoisotopic (exact) mass is 290 g/mol. The van der Waals surface area contributed by atoms with Crippen molar-refractivity contribution in [2.45, 2.75) is 24.9 Å². The minimum Gasteiger partial charge on any atom is -0.348 e. The number of rotatable bonds is 4. The average Bonchev–Trinajstić information content (AvgIpc) is 3.08. The number of aromatic nitrogens is 2. The van der Waals surface area contributed by atoms with E-state index in [-0.39, 0.29) is 11.8 Å². The first kappa shape index (κ1) is 12.9. The lowest BCUT2D eigenvalue weighted by Gasteiger charge is -2.29. The highest BCUT2D eigenvalue weighted by Gasteiger charge is 2.33. The van der Waals surface area contributed by atoms with E-state index in [9.17, 15) is 9.59 Å². The Morgan fingerprint density at radius 3 is 2.50 bits per heavy atom. The largest absolute Gasteiger partial charge is 0.348 e. The molecule has 6 nitrogen and oxygen atoms in total. The van der Waals surface area contributed by atoms with Crippen LogP contribution in [0.1, 0.15) is 11.3 Å². The van der Waals surface area contributed by atoms with Gasteiger partial charge in [-0.15, -0.1) is 0 Å². The van der Waals surface area contributed by atoms with Crippen molar-refractivity contribution < 1.29 is 9.59 Å². The van der Waals surface area contributed by atoms with Gasteiger partial charge >= 0.3 is 0 Å². The van der Waals surface area contributed by atoms with Crippen molar-refractivity contribution in [2.75, 3.05) is 0 Å². The summed E-state index contributed by atoms with van der Waals surface area (Å²) >= 11 is 1.58. The summed E-state index contributed by atoms with van der Waals surface area (Å²) in [5, 5.41) is 9.50. The maximum absolute atomic E-state index is 12.1. The second kappa shape index (κ2) is 5.46. The minimum absolute atomic E-state index is 0.139. The second-order valence-electron chi connectivity index (χ2n) is 4.74. The van der Waals surface area contributed by atoms with Crippen molar-refractivity contribution in [2.24, 2.45) is 0 Å². The van der Waals surface area contributed by atoms with Crippen molar-refractivity contribution in [3.8, 4) is 0 Å². The number of carbonyl (C=O) groups excluding carboxylic acids is 2. The van der Waals surface area contributed by atoms with E-state index in [1.807, 2.05) is 16.8 Å². The number of H-pyrrole nitrogens is 1. The van der Waals surface area contributed by atoms with E-state index in [1.54, 1.807) is 23.9 Å². The second-order valence-corrected chi connectivity index (χ2v) is 5.52. The summed E-state index contributed by atoms with van der Waals surface area (Å²) in [4.78, 5) is 30.9. The number of hydrogen-bond donors (Lipinski definition) is 3. The van der Waals surface area contributed by atoms with Crippen LogP contribution in [0, 0.1) is 0 Å². The summed E-state index contributed by atoms with van der Waals surface area (Å²) in [6, 6.07) is 0.928. The molecule has 2 unspecified atom stereocenters. The zero-order valence-electron chi connectivity index (χ0n) is 10.6. The van der Waals surface area contributed by atoms with Crippen LogP contribution in [0.4, 0.5) is 0 Å². The van der Waals surface area contributed by atoms with Gasteiger partial charge in [0.1, 0.15) is 12.1 Å². The number of nitrogens with one attached hydrogen (secondary N) is 3. The third-order valence-electron chi connectivity index (χ3n) is 3.26. The van der Waals surface area contributed by atoms with Crippen LogP contribution in [0.2, 0.25) is 0 Å². The van der Waals surface area contributed by atoms with E-state index in [4.69, 9.17) is 0 Å². The van der Waals surface area contributed by atoms with Gasteiger partial charge in [0.2, 0.25) is 11.8 Å². The predicted octanol–water partition coefficient (Wildman–Crippen LogP) is 0.240. The van der Waals surface area contributed by atoms with Gasteiger partial charge in [-0.2, -0.15) is 11.3 Å². The van der Waals surface area contributed by atoms with Gasteiger partial charge in [0.25, 0.3) is 0 Å². The van der Waals surface area contributed by atoms with Gasteiger partial charge in [-0.05, 0) is 22.4 Å². The van der Waals surface area contributed by atoms with Gasteiger partial charge in [-0.25, -0.2) is 4.98 Å². The van der Waals surface area contributed by atoms with Crippen LogP contribution >= 0.6 is 11.3 Å². The summed E-state index contributed by atoms with van der Waals surface area (Å²) in [5.41, 5.74) is 1.88. The highest BCUT2D eigenvalue weighted by molar-refractivity contribution is 7.07.